The van der Waals surface area contributed by atoms with Gasteiger partial charge in [0.05, 0.1) is 11.4 Å². The number of hydrogen-bond donors (Lipinski definition) is 0. The molecule has 0 bridgehead atoms. The van der Waals surface area contributed by atoms with Crippen LogP contribution in [-0.2, 0) is 9.59 Å². The Morgan fingerprint density at radius 3 is 2.41 bits per heavy atom. The molecule has 29 heavy (non-hydrogen) atoms. The van der Waals surface area contributed by atoms with Crippen LogP contribution in [0.15, 0.2) is 54.6 Å². The molecule has 2 amide bonds. The van der Waals surface area contributed by atoms with Crippen molar-refractivity contribution in [2.24, 2.45) is 0 Å². The van der Waals surface area contributed by atoms with Crippen LogP contribution in [-0.4, -0.2) is 63.0 Å². The summed E-state index contributed by atoms with van der Waals surface area (Å²) >= 11 is 0. The molecule has 6 nitrogen and oxygen atoms in total. The van der Waals surface area contributed by atoms with Gasteiger partial charge in [-0.05, 0) is 44.8 Å². The second-order valence-corrected chi connectivity index (χ2v) is 7.92. The second-order valence-electron chi connectivity index (χ2n) is 7.92. The van der Waals surface area contributed by atoms with Crippen LogP contribution in [0.1, 0.15) is 12.8 Å². The summed E-state index contributed by atoms with van der Waals surface area (Å²) in [6, 6.07) is 17.2. The predicted octanol–water partition coefficient (Wildman–Crippen LogP) is 2.60. The molecule has 0 N–H and O–H groups in total. The van der Waals surface area contributed by atoms with E-state index >= 15 is 0 Å². The molecule has 2 heterocycles. The van der Waals surface area contributed by atoms with Gasteiger partial charge in [0.25, 0.3) is 0 Å². The van der Waals surface area contributed by atoms with Gasteiger partial charge in [-0.1, -0.05) is 30.3 Å². The number of hydrogen-bond acceptors (Lipinski definition) is 4. The Kier molecular flexibility index (Phi) is 5.53. The lowest BCUT2D eigenvalue weighted by atomic mass is 10.1. The fraction of sp³-hybridized carbons (Fsp3) is 0.391. The van der Waals surface area contributed by atoms with Crippen molar-refractivity contribution in [1.82, 2.24) is 4.90 Å². The Morgan fingerprint density at radius 2 is 1.69 bits per heavy atom. The van der Waals surface area contributed by atoms with E-state index in [1.807, 2.05) is 53.4 Å². The van der Waals surface area contributed by atoms with Crippen molar-refractivity contribution in [3.63, 3.8) is 0 Å². The first kappa shape index (κ1) is 19.5. The lowest BCUT2D eigenvalue weighted by Gasteiger charge is -2.40. The third-order valence-electron chi connectivity index (χ3n) is 5.72. The number of nitrogens with zero attached hydrogens (tertiary/aromatic N) is 4. The number of amides is 2. The Balaban J connectivity index is 1.60. The molecule has 2 aliphatic rings. The van der Waals surface area contributed by atoms with Gasteiger partial charge < -0.3 is 14.7 Å². The van der Waals surface area contributed by atoms with E-state index in [0.29, 0.717) is 19.4 Å². The van der Waals surface area contributed by atoms with Crippen LogP contribution in [0.2, 0.25) is 0 Å². The number of anilines is 3. The monoisotopic (exact) mass is 392 g/mol. The number of benzene rings is 2. The minimum Gasteiger partial charge on any atom is -0.367 e. The van der Waals surface area contributed by atoms with Crippen molar-refractivity contribution in [3.8, 4) is 0 Å². The summed E-state index contributed by atoms with van der Waals surface area (Å²) in [6.45, 7) is 3.31. The van der Waals surface area contributed by atoms with E-state index in [-0.39, 0.29) is 11.8 Å². The zero-order valence-electron chi connectivity index (χ0n) is 17.1. The number of likely N-dealkylation sites (N-methyl/N-ethyl adjacent to an activating group) is 1. The van der Waals surface area contributed by atoms with Gasteiger partial charge in [-0.2, -0.15) is 0 Å². The summed E-state index contributed by atoms with van der Waals surface area (Å²) in [4.78, 5) is 34.2. The summed E-state index contributed by atoms with van der Waals surface area (Å²) in [5.74, 6) is 0.0341. The molecule has 4 rings (SSSR count). The molecule has 2 aromatic carbocycles. The van der Waals surface area contributed by atoms with Gasteiger partial charge >= 0.3 is 0 Å². The van der Waals surface area contributed by atoms with Crippen LogP contribution in [0.5, 0.6) is 0 Å². The Morgan fingerprint density at radius 1 is 1.00 bits per heavy atom. The van der Waals surface area contributed by atoms with E-state index in [4.69, 9.17) is 0 Å². The summed E-state index contributed by atoms with van der Waals surface area (Å²) < 4.78 is 0. The molecule has 0 aromatic heterocycles. The Hall–Kier alpha value is -2.86. The zero-order chi connectivity index (χ0) is 20.4. The van der Waals surface area contributed by atoms with Crippen LogP contribution in [0.25, 0.3) is 0 Å². The Bertz CT molecular complexity index is 883. The molecular formula is C23H28N4O2. The molecule has 0 aliphatic carbocycles. The number of carbonyl (C=O) groups excluding carboxylic acids is 2. The third-order valence-corrected chi connectivity index (χ3v) is 5.72. The molecule has 0 saturated carbocycles. The van der Waals surface area contributed by atoms with Crippen molar-refractivity contribution in [2.75, 3.05) is 55.0 Å². The van der Waals surface area contributed by atoms with Crippen LogP contribution in [0, 0.1) is 0 Å². The van der Waals surface area contributed by atoms with Crippen molar-refractivity contribution >= 4 is 28.9 Å². The van der Waals surface area contributed by atoms with Crippen molar-refractivity contribution in [2.45, 2.75) is 18.9 Å². The zero-order valence-corrected chi connectivity index (χ0v) is 17.1. The normalized spacial score (nSPS) is 19.1. The highest BCUT2D eigenvalue weighted by molar-refractivity contribution is 6.09. The second kappa shape index (κ2) is 8.25. The summed E-state index contributed by atoms with van der Waals surface area (Å²) in [7, 11) is 4.14. The first-order valence-electron chi connectivity index (χ1n) is 10.2. The summed E-state index contributed by atoms with van der Waals surface area (Å²) in [6.07, 6.45) is 0.977. The lowest BCUT2D eigenvalue weighted by Crippen LogP contribution is -2.52. The molecule has 2 aromatic rings. The molecular weight excluding hydrogens is 364 g/mol. The summed E-state index contributed by atoms with van der Waals surface area (Å²) in [5, 5.41) is 0. The van der Waals surface area contributed by atoms with Crippen molar-refractivity contribution < 1.29 is 9.59 Å². The minimum atomic E-state index is -0.439. The van der Waals surface area contributed by atoms with Crippen LogP contribution < -0.4 is 14.7 Å². The number of carbonyl (C=O) groups is 2. The van der Waals surface area contributed by atoms with E-state index in [1.165, 1.54) is 0 Å². The maximum Gasteiger partial charge on any atom is 0.250 e. The maximum absolute atomic E-state index is 13.6. The van der Waals surface area contributed by atoms with E-state index in [1.54, 1.807) is 4.90 Å². The predicted molar refractivity (Wildman–Crippen MR) is 117 cm³/mol. The van der Waals surface area contributed by atoms with E-state index in [9.17, 15) is 9.59 Å². The molecule has 0 spiro atoms. The first-order chi connectivity index (χ1) is 14.1. The van der Waals surface area contributed by atoms with Gasteiger partial charge in [0, 0.05) is 38.3 Å². The van der Waals surface area contributed by atoms with Gasteiger partial charge in [0.15, 0.2) is 0 Å². The topological polar surface area (TPSA) is 47.1 Å². The molecule has 152 valence electrons. The highest BCUT2D eigenvalue weighted by Gasteiger charge is 2.40. The molecule has 1 atom stereocenters. The minimum absolute atomic E-state index is 0.0133. The van der Waals surface area contributed by atoms with Crippen LogP contribution in [0.3, 0.4) is 0 Å². The van der Waals surface area contributed by atoms with E-state index < -0.39 is 6.04 Å². The molecule has 1 fully saturated rings. The highest BCUT2D eigenvalue weighted by atomic mass is 16.2. The molecule has 1 saturated heterocycles. The smallest absolute Gasteiger partial charge is 0.250 e. The highest BCUT2D eigenvalue weighted by Crippen LogP contribution is 2.35. The SMILES string of the molecule is CN(C)CCN1CCN(C(=O)C2CCC(=O)N2c2ccccc2)c2ccccc21. The maximum atomic E-state index is 13.6. The van der Waals surface area contributed by atoms with Crippen molar-refractivity contribution in [3.05, 3.63) is 54.6 Å². The average Bonchev–Trinajstić information content (AvgIpc) is 3.13. The van der Waals surface area contributed by atoms with Gasteiger partial charge in [0.2, 0.25) is 11.8 Å². The molecule has 6 heteroatoms. The molecule has 0 radical (unpaired) electrons. The van der Waals surface area contributed by atoms with Crippen LogP contribution >= 0.6 is 0 Å². The van der Waals surface area contributed by atoms with E-state index in [2.05, 4.69) is 30.0 Å². The van der Waals surface area contributed by atoms with Crippen LogP contribution in [0.4, 0.5) is 17.1 Å². The standard InChI is InChI=1S/C23H28N4O2/c1-24(2)14-15-25-16-17-26(20-11-7-6-10-19(20)25)23(29)21-12-13-22(28)27(21)18-8-4-3-5-9-18/h3-11,21H,12-17H2,1-2H3. The Labute approximate surface area is 172 Å². The third kappa shape index (κ3) is 3.85. The average molecular weight is 393 g/mol. The van der Waals surface area contributed by atoms with E-state index in [0.717, 1.165) is 36.7 Å². The van der Waals surface area contributed by atoms with Gasteiger partial charge in [-0.25, -0.2) is 0 Å². The summed E-state index contributed by atoms with van der Waals surface area (Å²) in [5.41, 5.74) is 2.82. The van der Waals surface area contributed by atoms with Gasteiger partial charge in [-0.15, -0.1) is 0 Å². The first-order valence-corrected chi connectivity index (χ1v) is 10.2. The molecule has 1 unspecified atom stereocenters. The largest absolute Gasteiger partial charge is 0.367 e. The fourth-order valence-electron chi connectivity index (χ4n) is 4.21. The quantitative estimate of drug-likeness (QED) is 0.785. The van der Waals surface area contributed by atoms with Crippen molar-refractivity contribution in [1.29, 1.82) is 0 Å². The van der Waals surface area contributed by atoms with Gasteiger partial charge in [0.1, 0.15) is 6.04 Å². The number of fused-ring (bicyclic) bond motifs is 1. The fourth-order valence-corrected chi connectivity index (χ4v) is 4.21. The lowest BCUT2D eigenvalue weighted by molar-refractivity contribution is -0.122. The number of rotatable bonds is 5. The van der Waals surface area contributed by atoms with Gasteiger partial charge in [-0.3, -0.25) is 14.5 Å². The number of para-hydroxylation sites is 3. The molecule has 2 aliphatic heterocycles.